The Kier molecular flexibility index (Phi) is 7.17. The first kappa shape index (κ1) is 18.0. The normalized spacial score (nSPS) is 26.1. The summed E-state index contributed by atoms with van der Waals surface area (Å²) in [6.45, 7) is 6.17. The van der Waals surface area contributed by atoms with Crippen LogP contribution in [0.15, 0.2) is 4.99 Å². The van der Waals surface area contributed by atoms with E-state index in [1.807, 2.05) is 7.05 Å². The molecule has 2 heterocycles. The molecule has 0 aromatic heterocycles. The first-order chi connectivity index (χ1) is 11.8. The summed E-state index contributed by atoms with van der Waals surface area (Å²) in [4.78, 5) is 6.73. The molecule has 1 atom stereocenters. The zero-order chi connectivity index (χ0) is 16.6. The number of hydrogen-bond donors (Lipinski definition) is 1. The van der Waals surface area contributed by atoms with Gasteiger partial charge in [-0.3, -0.25) is 4.99 Å². The molecule has 1 unspecified atom stereocenters. The molecule has 0 aromatic carbocycles. The van der Waals surface area contributed by atoms with Crippen LogP contribution in [0, 0.1) is 5.92 Å². The van der Waals surface area contributed by atoms with E-state index in [2.05, 4.69) is 15.2 Å². The van der Waals surface area contributed by atoms with Gasteiger partial charge in [0.15, 0.2) is 5.96 Å². The fourth-order valence-electron chi connectivity index (χ4n) is 3.36. The fraction of sp³-hybridized carbons (Fsp3) is 0.944. The lowest BCUT2D eigenvalue weighted by molar-refractivity contribution is -0.0367. The summed E-state index contributed by atoms with van der Waals surface area (Å²) >= 11 is 0. The van der Waals surface area contributed by atoms with E-state index < -0.39 is 0 Å². The monoisotopic (exact) mass is 339 g/mol. The van der Waals surface area contributed by atoms with Crippen LogP contribution in [0.5, 0.6) is 0 Å². The zero-order valence-electron chi connectivity index (χ0n) is 15.0. The average molecular weight is 339 g/mol. The molecule has 0 bridgehead atoms. The molecule has 0 spiro atoms. The van der Waals surface area contributed by atoms with Crippen molar-refractivity contribution < 1.29 is 14.2 Å². The Morgan fingerprint density at radius 1 is 1.17 bits per heavy atom. The minimum atomic E-state index is 0.327. The summed E-state index contributed by atoms with van der Waals surface area (Å²) in [5.74, 6) is 1.82. The van der Waals surface area contributed by atoms with Gasteiger partial charge in [0, 0.05) is 39.9 Å². The Morgan fingerprint density at radius 2 is 2.00 bits per heavy atom. The van der Waals surface area contributed by atoms with E-state index in [9.17, 15) is 0 Å². The van der Waals surface area contributed by atoms with Crippen molar-refractivity contribution in [3.63, 3.8) is 0 Å². The van der Waals surface area contributed by atoms with E-state index in [1.54, 1.807) is 0 Å². The second-order valence-electron chi connectivity index (χ2n) is 7.15. The Hall–Kier alpha value is -0.850. The van der Waals surface area contributed by atoms with Crippen LogP contribution in [0.25, 0.3) is 0 Å². The van der Waals surface area contributed by atoms with Crippen LogP contribution >= 0.6 is 0 Å². The highest BCUT2D eigenvalue weighted by atomic mass is 16.5. The van der Waals surface area contributed by atoms with Crippen molar-refractivity contribution in [1.29, 1.82) is 0 Å². The molecule has 1 aliphatic carbocycles. The fourth-order valence-corrected chi connectivity index (χ4v) is 3.36. The largest absolute Gasteiger partial charge is 0.379 e. The number of aliphatic imine (C=N–C) groups is 1. The molecule has 3 aliphatic rings. The molecule has 0 amide bonds. The minimum absolute atomic E-state index is 0.327. The van der Waals surface area contributed by atoms with Crippen LogP contribution in [-0.4, -0.2) is 76.2 Å². The van der Waals surface area contributed by atoms with Gasteiger partial charge in [-0.2, -0.15) is 0 Å². The van der Waals surface area contributed by atoms with Crippen LogP contribution in [0.1, 0.15) is 38.5 Å². The summed E-state index contributed by atoms with van der Waals surface area (Å²) in [5.41, 5.74) is 0. The van der Waals surface area contributed by atoms with Crippen molar-refractivity contribution in [2.24, 2.45) is 10.9 Å². The second-order valence-corrected chi connectivity index (χ2v) is 7.15. The minimum Gasteiger partial charge on any atom is -0.379 e. The molecule has 2 aliphatic heterocycles. The number of ether oxygens (including phenoxy) is 3. The van der Waals surface area contributed by atoms with Gasteiger partial charge in [0.2, 0.25) is 0 Å². The van der Waals surface area contributed by atoms with Gasteiger partial charge < -0.3 is 24.4 Å². The summed E-state index contributed by atoms with van der Waals surface area (Å²) in [6, 6.07) is 0. The number of guanidine groups is 1. The molecule has 1 N–H and O–H groups in total. The molecular weight excluding hydrogens is 306 g/mol. The predicted octanol–water partition coefficient (Wildman–Crippen LogP) is 1.65. The highest BCUT2D eigenvalue weighted by molar-refractivity contribution is 5.79. The van der Waals surface area contributed by atoms with Crippen molar-refractivity contribution >= 4 is 5.96 Å². The van der Waals surface area contributed by atoms with Gasteiger partial charge in [-0.05, 0) is 44.4 Å². The zero-order valence-corrected chi connectivity index (χ0v) is 15.0. The van der Waals surface area contributed by atoms with Gasteiger partial charge in [0.1, 0.15) is 0 Å². The van der Waals surface area contributed by atoms with E-state index in [-0.39, 0.29) is 0 Å². The topological polar surface area (TPSA) is 55.3 Å². The smallest absolute Gasteiger partial charge is 0.193 e. The molecule has 24 heavy (non-hydrogen) atoms. The van der Waals surface area contributed by atoms with E-state index >= 15 is 0 Å². The quantitative estimate of drug-likeness (QED) is 0.414. The van der Waals surface area contributed by atoms with Crippen molar-refractivity contribution in [2.75, 3.05) is 53.1 Å². The maximum Gasteiger partial charge on any atom is 0.193 e. The second kappa shape index (κ2) is 9.59. The molecule has 3 fully saturated rings. The van der Waals surface area contributed by atoms with Gasteiger partial charge in [-0.1, -0.05) is 0 Å². The Labute approximate surface area is 145 Å². The molecule has 3 rings (SSSR count). The highest BCUT2D eigenvalue weighted by Crippen LogP contribution is 2.28. The Bertz CT molecular complexity index is 387. The van der Waals surface area contributed by atoms with E-state index in [1.165, 1.54) is 19.3 Å². The van der Waals surface area contributed by atoms with Crippen molar-refractivity contribution in [3.05, 3.63) is 0 Å². The molecule has 2 saturated heterocycles. The van der Waals surface area contributed by atoms with Gasteiger partial charge in [0.25, 0.3) is 0 Å². The van der Waals surface area contributed by atoms with E-state index in [0.29, 0.717) is 12.2 Å². The first-order valence-corrected chi connectivity index (χ1v) is 9.61. The third kappa shape index (κ3) is 5.90. The number of nitrogens with one attached hydrogen (secondary N) is 1. The number of hydrogen-bond acceptors (Lipinski definition) is 4. The van der Waals surface area contributed by atoms with Crippen LogP contribution < -0.4 is 5.32 Å². The summed E-state index contributed by atoms with van der Waals surface area (Å²) in [5, 5.41) is 3.41. The van der Waals surface area contributed by atoms with Crippen molar-refractivity contribution in [1.82, 2.24) is 10.2 Å². The molecule has 0 radical (unpaired) electrons. The average Bonchev–Trinajstić information content (AvgIpc) is 3.29. The van der Waals surface area contributed by atoms with Crippen LogP contribution in [0.3, 0.4) is 0 Å². The molecule has 1 saturated carbocycles. The summed E-state index contributed by atoms with van der Waals surface area (Å²) in [6.07, 6.45) is 7.84. The molecule has 6 nitrogen and oxygen atoms in total. The van der Waals surface area contributed by atoms with Crippen molar-refractivity contribution in [3.8, 4) is 0 Å². The third-order valence-corrected chi connectivity index (χ3v) is 5.08. The molecular formula is C18H33N3O3. The van der Waals surface area contributed by atoms with E-state index in [4.69, 9.17) is 14.2 Å². The number of likely N-dealkylation sites (tertiary alicyclic amines) is 1. The molecule has 138 valence electrons. The first-order valence-electron chi connectivity index (χ1n) is 9.61. The van der Waals surface area contributed by atoms with Crippen molar-refractivity contribution in [2.45, 2.75) is 50.7 Å². The third-order valence-electron chi connectivity index (χ3n) is 5.08. The van der Waals surface area contributed by atoms with Gasteiger partial charge in [-0.15, -0.1) is 0 Å². The van der Waals surface area contributed by atoms with Crippen LogP contribution in [0.4, 0.5) is 0 Å². The molecule has 0 aromatic rings. The summed E-state index contributed by atoms with van der Waals surface area (Å²) in [7, 11) is 1.85. The molecule has 6 heteroatoms. The summed E-state index contributed by atoms with van der Waals surface area (Å²) < 4.78 is 17.3. The number of piperidine rings is 1. The predicted molar refractivity (Wildman–Crippen MR) is 94.4 cm³/mol. The Balaban J connectivity index is 1.27. The van der Waals surface area contributed by atoms with Gasteiger partial charge >= 0.3 is 0 Å². The van der Waals surface area contributed by atoms with Gasteiger partial charge in [-0.25, -0.2) is 0 Å². The lowest BCUT2D eigenvalue weighted by Gasteiger charge is -2.34. The highest BCUT2D eigenvalue weighted by Gasteiger charge is 2.24. The SMILES string of the molecule is CN=C(NCCOCC1CC1)N1CCC(OCC2CCCO2)CC1. The van der Waals surface area contributed by atoms with E-state index in [0.717, 1.165) is 77.2 Å². The maximum atomic E-state index is 6.04. The standard InChI is InChI=1S/C18H33N3O3/c1-19-18(20-8-12-22-13-15-4-5-15)21-9-6-16(7-10-21)24-14-17-3-2-11-23-17/h15-17H,2-14H2,1H3,(H,19,20). The van der Waals surface area contributed by atoms with Crippen LogP contribution in [0.2, 0.25) is 0 Å². The maximum absolute atomic E-state index is 6.04. The lowest BCUT2D eigenvalue weighted by atomic mass is 10.1. The van der Waals surface area contributed by atoms with Gasteiger partial charge in [0.05, 0.1) is 25.4 Å². The number of nitrogens with zero attached hydrogens (tertiary/aromatic N) is 2. The number of rotatable bonds is 8. The van der Waals surface area contributed by atoms with Crippen LogP contribution in [-0.2, 0) is 14.2 Å². The Morgan fingerprint density at radius 3 is 2.67 bits per heavy atom. The lowest BCUT2D eigenvalue weighted by Crippen LogP contribution is -2.47.